The highest BCUT2D eigenvalue weighted by Crippen LogP contribution is 2.38. The summed E-state index contributed by atoms with van der Waals surface area (Å²) in [5.74, 6) is -0.453. The Morgan fingerprint density at radius 1 is 1.00 bits per heavy atom. The summed E-state index contributed by atoms with van der Waals surface area (Å²) >= 11 is 1.41. The van der Waals surface area contributed by atoms with Crippen LogP contribution >= 0.6 is 11.3 Å². The van der Waals surface area contributed by atoms with Gasteiger partial charge in [0.05, 0.1) is 5.69 Å². The lowest BCUT2D eigenvalue weighted by atomic mass is 10.0. The minimum atomic E-state index is -0.232. The first-order valence-corrected chi connectivity index (χ1v) is 11.5. The Balaban J connectivity index is 1.26. The predicted octanol–water partition coefficient (Wildman–Crippen LogP) is 5.44. The van der Waals surface area contributed by atoms with Gasteiger partial charge in [0.15, 0.2) is 5.13 Å². The summed E-state index contributed by atoms with van der Waals surface area (Å²) in [6, 6.07) is 22.0. The van der Waals surface area contributed by atoms with Crippen molar-refractivity contribution in [3.05, 3.63) is 107 Å². The van der Waals surface area contributed by atoms with Gasteiger partial charge in [-0.3, -0.25) is 14.9 Å². The summed E-state index contributed by atoms with van der Waals surface area (Å²) in [4.78, 5) is 28.5. The molecule has 1 aliphatic rings. The van der Waals surface area contributed by atoms with E-state index in [0.717, 1.165) is 23.2 Å². The van der Waals surface area contributed by atoms with E-state index in [2.05, 4.69) is 64.7 Å². The Labute approximate surface area is 195 Å². The van der Waals surface area contributed by atoms with E-state index in [1.54, 1.807) is 12.1 Å². The highest BCUT2D eigenvalue weighted by Gasteiger charge is 2.19. The zero-order chi connectivity index (χ0) is 22.8. The Hall–Kier alpha value is -4.03. The molecule has 4 aromatic rings. The maximum atomic E-state index is 12.6. The molecule has 5 rings (SSSR count). The number of carbonyl (C=O) groups excluding carboxylic acids is 2. The topological polar surface area (TPSA) is 71.1 Å². The van der Waals surface area contributed by atoms with Gasteiger partial charge >= 0.3 is 0 Å². The number of fused-ring (bicyclic) bond motifs is 3. The molecule has 0 saturated heterocycles. The molecule has 0 saturated carbocycles. The lowest BCUT2D eigenvalue weighted by molar-refractivity contribution is -0.116. The van der Waals surface area contributed by atoms with Crippen molar-refractivity contribution in [2.45, 2.75) is 13.0 Å². The first-order valence-electron chi connectivity index (χ1n) is 10.6. The molecule has 33 heavy (non-hydrogen) atoms. The SMILES string of the molecule is C=CC(=O)NCc1ccc(C(=O)Nc2nc(-c3ccc4c(c3)Cc3ccccc3-4)cs2)cc1. The van der Waals surface area contributed by atoms with E-state index in [1.807, 2.05) is 17.5 Å². The van der Waals surface area contributed by atoms with E-state index in [-0.39, 0.29) is 11.8 Å². The van der Waals surface area contributed by atoms with Crippen LogP contribution in [0.3, 0.4) is 0 Å². The lowest BCUT2D eigenvalue weighted by Gasteiger charge is -2.05. The first kappa shape index (κ1) is 20.8. The number of nitrogens with one attached hydrogen (secondary N) is 2. The molecule has 0 spiro atoms. The molecular formula is C27H21N3O2S. The summed E-state index contributed by atoms with van der Waals surface area (Å²) < 4.78 is 0. The van der Waals surface area contributed by atoms with E-state index in [0.29, 0.717) is 17.2 Å². The molecule has 1 heterocycles. The van der Waals surface area contributed by atoms with Gasteiger partial charge in [-0.15, -0.1) is 11.3 Å². The number of aromatic nitrogens is 1. The van der Waals surface area contributed by atoms with Gasteiger partial charge in [-0.25, -0.2) is 4.98 Å². The van der Waals surface area contributed by atoms with Gasteiger partial charge < -0.3 is 5.32 Å². The molecular weight excluding hydrogens is 430 g/mol. The van der Waals surface area contributed by atoms with E-state index in [1.165, 1.54) is 39.7 Å². The number of thiazole rings is 1. The Morgan fingerprint density at radius 2 is 1.79 bits per heavy atom. The number of nitrogens with zero attached hydrogens (tertiary/aromatic N) is 1. The summed E-state index contributed by atoms with van der Waals surface area (Å²) in [5, 5.41) is 8.11. The maximum absolute atomic E-state index is 12.6. The zero-order valence-corrected chi connectivity index (χ0v) is 18.6. The predicted molar refractivity (Wildman–Crippen MR) is 132 cm³/mol. The van der Waals surface area contributed by atoms with Crippen LogP contribution in [0.1, 0.15) is 27.0 Å². The summed E-state index contributed by atoms with van der Waals surface area (Å²) in [5.41, 5.74) is 8.57. The minimum absolute atomic E-state index is 0.220. The van der Waals surface area contributed by atoms with E-state index >= 15 is 0 Å². The molecule has 0 bridgehead atoms. The fraction of sp³-hybridized carbons (Fsp3) is 0.0741. The van der Waals surface area contributed by atoms with Gasteiger partial charge in [0.1, 0.15) is 0 Å². The molecule has 2 N–H and O–H groups in total. The quantitative estimate of drug-likeness (QED) is 0.338. The molecule has 1 aliphatic carbocycles. The maximum Gasteiger partial charge on any atom is 0.257 e. The standard InChI is InChI=1S/C27H21N3O2S/c1-2-25(31)28-15-17-7-9-18(10-8-17)26(32)30-27-29-24(16-33-27)20-11-12-23-21(14-20)13-19-5-3-4-6-22(19)23/h2-12,14,16H,1,13,15H2,(H,28,31)(H,29,30,32). The highest BCUT2D eigenvalue weighted by molar-refractivity contribution is 7.14. The average molecular weight is 452 g/mol. The molecule has 0 atom stereocenters. The van der Waals surface area contributed by atoms with Crippen molar-refractivity contribution in [2.24, 2.45) is 0 Å². The van der Waals surface area contributed by atoms with Crippen molar-refractivity contribution < 1.29 is 9.59 Å². The third kappa shape index (κ3) is 4.33. The molecule has 0 radical (unpaired) electrons. The molecule has 162 valence electrons. The van der Waals surface area contributed by atoms with Crippen LogP contribution in [-0.4, -0.2) is 16.8 Å². The number of carbonyl (C=O) groups is 2. The van der Waals surface area contributed by atoms with Crippen molar-refractivity contribution in [1.82, 2.24) is 10.3 Å². The van der Waals surface area contributed by atoms with Crippen molar-refractivity contribution in [3.63, 3.8) is 0 Å². The number of anilines is 1. The van der Waals surface area contributed by atoms with Crippen LogP contribution in [0.4, 0.5) is 5.13 Å². The van der Waals surface area contributed by atoms with Crippen LogP contribution in [0.2, 0.25) is 0 Å². The fourth-order valence-electron chi connectivity index (χ4n) is 3.97. The zero-order valence-electron chi connectivity index (χ0n) is 17.8. The van der Waals surface area contributed by atoms with Gasteiger partial charge in [0.2, 0.25) is 5.91 Å². The Kier molecular flexibility index (Phi) is 5.59. The number of benzene rings is 3. The second-order valence-electron chi connectivity index (χ2n) is 7.82. The van der Waals surface area contributed by atoms with Crippen LogP contribution in [0.25, 0.3) is 22.4 Å². The third-order valence-corrected chi connectivity index (χ3v) is 6.44. The molecule has 5 nitrogen and oxygen atoms in total. The monoisotopic (exact) mass is 451 g/mol. The van der Waals surface area contributed by atoms with Crippen LogP contribution in [0.15, 0.2) is 84.8 Å². The molecule has 0 aliphatic heterocycles. The van der Waals surface area contributed by atoms with Crippen LogP contribution in [0.5, 0.6) is 0 Å². The Morgan fingerprint density at radius 3 is 2.61 bits per heavy atom. The minimum Gasteiger partial charge on any atom is -0.348 e. The van der Waals surface area contributed by atoms with E-state index in [9.17, 15) is 9.59 Å². The molecule has 3 aromatic carbocycles. The summed E-state index contributed by atoms with van der Waals surface area (Å²) in [6.07, 6.45) is 2.16. The number of hydrogen-bond acceptors (Lipinski definition) is 4. The molecule has 2 amide bonds. The molecule has 0 fully saturated rings. The average Bonchev–Trinajstić information content (AvgIpc) is 3.46. The van der Waals surface area contributed by atoms with Crippen LogP contribution in [-0.2, 0) is 17.8 Å². The van der Waals surface area contributed by atoms with Crippen LogP contribution in [0, 0.1) is 0 Å². The smallest absolute Gasteiger partial charge is 0.257 e. The van der Waals surface area contributed by atoms with Gasteiger partial charge in [0.25, 0.3) is 5.91 Å². The molecule has 6 heteroatoms. The van der Waals surface area contributed by atoms with Gasteiger partial charge in [-0.05, 0) is 58.5 Å². The Bertz CT molecular complexity index is 1370. The van der Waals surface area contributed by atoms with Crippen molar-refractivity contribution in [1.29, 1.82) is 0 Å². The largest absolute Gasteiger partial charge is 0.348 e. The normalized spacial score (nSPS) is 11.4. The number of rotatable bonds is 6. The fourth-order valence-corrected chi connectivity index (χ4v) is 4.69. The number of hydrogen-bond donors (Lipinski definition) is 2. The van der Waals surface area contributed by atoms with Crippen molar-refractivity contribution in [2.75, 3.05) is 5.32 Å². The van der Waals surface area contributed by atoms with E-state index in [4.69, 9.17) is 0 Å². The highest BCUT2D eigenvalue weighted by atomic mass is 32.1. The lowest BCUT2D eigenvalue weighted by Crippen LogP contribution is -2.20. The second kappa shape index (κ2) is 8.84. The molecule has 1 aromatic heterocycles. The van der Waals surface area contributed by atoms with Gasteiger partial charge in [-0.1, -0.05) is 55.1 Å². The van der Waals surface area contributed by atoms with Crippen molar-refractivity contribution >= 4 is 28.3 Å². The summed E-state index contributed by atoms with van der Waals surface area (Å²) in [7, 11) is 0. The van der Waals surface area contributed by atoms with Crippen LogP contribution < -0.4 is 10.6 Å². The van der Waals surface area contributed by atoms with Gasteiger partial charge in [-0.2, -0.15) is 0 Å². The van der Waals surface area contributed by atoms with Crippen molar-refractivity contribution in [3.8, 4) is 22.4 Å². The first-order chi connectivity index (χ1) is 16.1. The second-order valence-corrected chi connectivity index (χ2v) is 8.67. The summed E-state index contributed by atoms with van der Waals surface area (Å²) in [6.45, 7) is 3.81. The number of amides is 2. The van der Waals surface area contributed by atoms with Gasteiger partial charge in [0, 0.05) is 23.1 Å². The van der Waals surface area contributed by atoms with E-state index < -0.39 is 0 Å². The molecule has 0 unspecified atom stereocenters. The third-order valence-electron chi connectivity index (χ3n) is 5.68.